The number of rotatable bonds is 5. The summed E-state index contributed by atoms with van der Waals surface area (Å²) in [7, 11) is 3.93. The second kappa shape index (κ2) is 6.86. The molecular formula is C13H21N3O2. The third kappa shape index (κ3) is 3.92. The van der Waals surface area contributed by atoms with Crippen LogP contribution in [0.15, 0.2) is 24.3 Å². The highest BCUT2D eigenvalue weighted by atomic mass is 16.3. The van der Waals surface area contributed by atoms with Crippen molar-refractivity contribution >= 4 is 17.4 Å². The molecule has 0 radical (unpaired) electrons. The maximum atomic E-state index is 11.8. The van der Waals surface area contributed by atoms with E-state index in [-0.39, 0.29) is 12.6 Å². The summed E-state index contributed by atoms with van der Waals surface area (Å²) in [5.74, 6) is 0. The average molecular weight is 251 g/mol. The van der Waals surface area contributed by atoms with Crippen molar-refractivity contribution in [2.45, 2.75) is 6.92 Å². The molecule has 0 aliphatic rings. The number of anilines is 2. The fourth-order valence-electron chi connectivity index (χ4n) is 1.57. The zero-order chi connectivity index (χ0) is 13.5. The lowest BCUT2D eigenvalue weighted by molar-refractivity contribution is 0.192. The van der Waals surface area contributed by atoms with Gasteiger partial charge in [0, 0.05) is 38.6 Å². The zero-order valence-corrected chi connectivity index (χ0v) is 11.2. The average Bonchev–Trinajstić information content (AvgIpc) is 2.36. The van der Waals surface area contributed by atoms with E-state index in [2.05, 4.69) is 5.32 Å². The van der Waals surface area contributed by atoms with Gasteiger partial charge in [0.15, 0.2) is 0 Å². The SMILES string of the molecule is CCN(CCO)C(=O)Nc1ccc(N(C)C)cc1. The van der Waals surface area contributed by atoms with Gasteiger partial charge in [-0.2, -0.15) is 0 Å². The van der Waals surface area contributed by atoms with Crippen molar-refractivity contribution in [3.63, 3.8) is 0 Å². The predicted octanol–water partition coefficient (Wildman–Crippen LogP) is 1.60. The lowest BCUT2D eigenvalue weighted by atomic mass is 10.2. The Morgan fingerprint density at radius 2 is 1.89 bits per heavy atom. The van der Waals surface area contributed by atoms with Gasteiger partial charge in [-0.25, -0.2) is 4.79 Å². The van der Waals surface area contributed by atoms with Crippen LogP contribution in [0.25, 0.3) is 0 Å². The minimum Gasteiger partial charge on any atom is -0.395 e. The quantitative estimate of drug-likeness (QED) is 0.835. The number of carbonyl (C=O) groups is 1. The smallest absolute Gasteiger partial charge is 0.321 e. The molecule has 100 valence electrons. The number of hydrogen-bond acceptors (Lipinski definition) is 3. The van der Waals surface area contributed by atoms with Crippen molar-refractivity contribution in [3.8, 4) is 0 Å². The third-order valence-electron chi connectivity index (χ3n) is 2.67. The highest BCUT2D eigenvalue weighted by molar-refractivity contribution is 5.89. The lowest BCUT2D eigenvalue weighted by Gasteiger charge is -2.20. The maximum absolute atomic E-state index is 11.8. The van der Waals surface area contributed by atoms with E-state index in [9.17, 15) is 4.79 Å². The molecule has 1 aromatic rings. The first kappa shape index (κ1) is 14.3. The molecule has 0 aliphatic heterocycles. The second-order valence-electron chi connectivity index (χ2n) is 4.17. The molecule has 0 aliphatic carbocycles. The summed E-state index contributed by atoms with van der Waals surface area (Å²) in [6.45, 7) is 2.77. The summed E-state index contributed by atoms with van der Waals surface area (Å²) in [5.41, 5.74) is 1.83. The number of hydrogen-bond donors (Lipinski definition) is 2. The summed E-state index contributed by atoms with van der Waals surface area (Å²) in [5, 5.41) is 11.7. The van der Waals surface area contributed by atoms with Crippen LogP contribution in [-0.4, -0.2) is 49.8 Å². The summed E-state index contributed by atoms with van der Waals surface area (Å²) in [6, 6.07) is 7.42. The molecule has 2 N–H and O–H groups in total. The van der Waals surface area contributed by atoms with Gasteiger partial charge in [-0.05, 0) is 31.2 Å². The maximum Gasteiger partial charge on any atom is 0.321 e. The summed E-state index contributed by atoms with van der Waals surface area (Å²) >= 11 is 0. The van der Waals surface area contributed by atoms with Gasteiger partial charge >= 0.3 is 6.03 Å². The molecule has 2 amide bonds. The minimum atomic E-state index is -0.191. The molecule has 0 saturated carbocycles. The number of amides is 2. The molecule has 5 nitrogen and oxygen atoms in total. The highest BCUT2D eigenvalue weighted by Gasteiger charge is 2.10. The van der Waals surface area contributed by atoms with Gasteiger partial charge in [0.2, 0.25) is 0 Å². The fraction of sp³-hybridized carbons (Fsp3) is 0.462. The molecular weight excluding hydrogens is 230 g/mol. The number of carbonyl (C=O) groups excluding carboxylic acids is 1. The summed E-state index contributed by atoms with van der Waals surface area (Å²) < 4.78 is 0. The van der Waals surface area contributed by atoms with Crippen LogP contribution in [0.4, 0.5) is 16.2 Å². The molecule has 0 fully saturated rings. The van der Waals surface area contributed by atoms with Gasteiger partial charge in [0.1, 0.15) is 0 Å². The van der Waals surface area contributed by atoms with E-state index in [0.29, 0.717) is 13.1 Å². The van der Waals surface area contributed by atoms with Gasteiger partial charge < -0.3 is 20.2 Å². The molecule has 1 rings (SSSR count). The van der Waals surface area contributed by atoms with Gasteiger partial charge in [-0.1, -0.05) is 0 Å². The van der Waals surface area contributed by atoms with Crippen molar-refractivity contribution in [1.82, 2.24) is 4.90 Å². The minimum absolute atomic E-state index is 0.0270. The molecule has 0 heterocycles. The van der Waals surface area contributed by atoms with Gasteiger partial charge in [-0.3, -0.25) is 0 Å². The number of likely N-dealkylation sites (N-methyl/N-ethyl adjacent to an activating group) is 1. The number of nitrogens with one attached hydrogen (secondary N) is 1. The largest absolute Gasteiger partial charge is 0.395 e. The molecule has 0 bridgehead atoms. The van der Waals surface area contributed by atoms with Gasteiger partial charge in [0.05, 0.1) is 6.61 Å². The normalized spacial score (nSPS) is 10.0. The van der Waals surface area contributed by atoms with E-state index >= 15 is 0 Å². The highest BCUT2D eigenvalue weighted by Crippen LogP contribution is 2.15. The Morgan fingerprint density at radius 3 is 2.33 bits per heavy atom. The molecule has 0 saturated heterocycles. The zero-order valence-electron chi connectivity index (χ0n) is 11.2. The van der Waals surface area contributed by atoms with Crippen LogP contribution in [0.5, 0.6) is 0 Å². The van der Waals surface area contributed by atoms with E-state index in [1.54, 1.807) is 4.90 Å². The third-order valence-corrected chi connectivity index (χ3v) is 2.67. The van der Waals surface area contributed by atoms with E-state index in [1.165, 1.54) is 0 Å². The van der Waals surface area contributed by atoms with Crippen LogP contribution < -0.4 is 10.2 Å². The van der Waals surface area contributed by atoms with Crippen LogP contribution in [0, 0.1) is 0 Å². The van der Waals surface area contributed by atoms with Crippen molar-refractivity contribution in [1.29, 1.82) is 0 Å². The first-order chi connectivity index (χ1) is 8.58. The van der Waals surface area contributed by atoms with E-state index in [1.807, 2.05) is 50.2 Å². The van der Waals surface area contributed by atoms with Crippen molar-refractivity contribution in [3.05, 3.63) is 24.3 Å². The van der Waals surface area contributed by atoms with Crippen LogP contribution in [0.3, 0.4) is 0 Å². The van der Waals surface area contributed by atoms with Crippen LogP contribution >= 0.6 is 0 Å². The molecule has 0 atom stereocenters. The molecule has 5 heteroatoms. The van der Waals surface area contributed by atoms with Crippen LogP contribution in [0.1, 0.15) is 6.92 Å². The van der Waals surface area contributed by atoms with Gasteiger partial charge in [0.25, 0.3) is 0 Å². The first-order valence-electron chi connectivity index (χ1n) is 6.02. The Labute approximate surface area is 108 Å². The number of aliphatic hydroxyl groups is 1. The second-order valence-corrected chi connectivity index (χ2v) is 4.17. The monoisotopic (exact) mass is 251 g/mol. The van der Waals surface area contributed by atoms with Crippen molar-refractivity contribution in [2.24, 2.45) is 0 Å². The Kier molecular flexibility index (Phi) is 5.45. The predicted molar refractivity (Wildman–Crippen MR) is 74.1 cm³/mol. The standard InChI is InChI=1S/C13H21N3O2/c1-4-16(9-10-17)13(18)14-11-5-7-12(8-6-11)15(2)3/h5-8,17H,4,9-10H2,1-3H3,(H,14,18). The van der Waals surface area contributed by atoms with Crippen LogP contribution in [0.2, 0.25) is 0 Å². The Bertz CT molecular complexity index is 376. The van der Waals surface area contributed by atoms with Gasteiger partial charge in [-0.15, -0.1) is 0 Å². The summed E-state index contributed by atoms with van der Waals surface area (Å²) in [4.78, 5) is 15.4. The number of aliphatic hydroxyl groups excluding tert-OH is 1. The fourth-order valence-corrected chi connectivity index (χ4v) is 1.57. The molecule has 1 aromatic carbocycles. The van der Waals surface area contributed by atoms with Crippen molar-refractivity contribution in [2.75, 3.05) is 44.0 Å². The molecule has 0 unspecified atom stereocenters. The number of urea groups is 1. The molecule has 18 heavy (non-hydrogen) atoms. The topological polar surface area (TPSA) is 55.8 Å². The Morgan fingerprint density at radius 1 is 1.28 bits per heavy atom. The van der Waals surface area contributed by atoms with Crippen molar-refractivity contribution < 1.29 is 9.90 Å². The first-order valence-corrected chi connectivity index (χ1v) is 6.02. The van der Waals surface area contributed by atoms with E-state index in [4.69, 9.17) is 5.11 Å². The molecule has 0 aromatic heterocycles. The van der Waals surface area contributed by atoms with E-state index < -0.39 is 0 Å². The number of nitrogens with zero attached hydrogens (tertiary/aromatic N) is 2. The van der Waals surface area contributed by atoms with Crippen LogP contribution in [-0.2, 0) is 0 Å². The lowest BCUT2D eigenvalue weighted by Crippen LogP contribution is -2.36. The number of benzene rings is 1. The summed E-state index contributed by atoms with van der Waals surface area (Å²) in [6.07, 6.45) is 0. The molecule has 0 spiro atoms. The Hall–Kier alpha value is -1.75. The Balaban J connectivity index is 2.63. The van der Waals surface area contributed by atoms with E-state index in [0.717, 1.165) is 11.4 Å².